The van der Waals surface area contributed by atoms with E-state index < -0.39 is 12.2 Å². The van der Waals surface area contributed by atoms with Crippen LogP contribution in [0.15, 0.2) is 22.3 Å². The smallest absolute Gasteiger partial charge is 0.0861 e. The van der Waals surface area contributed by atoms with Crippen molar-refractivity contribution in [3.63, 3.8) is 0 Å². The Bertz CT molecular complexity index is 587. The largest absolute Gasteiger partial charge is 0.390 e. The van der Waals surface area contributed by atoms with Crippen LogP contribution in [0.3, 0.4) is 0 Å². The van der Waals surface area contributed by atoms with Crippen LogP contribution in [0, 0.1) is 22.7 Å². The van der Waals surface area contributed by atoms with Crippen LogP contribution in [-0.4, -0.2) is 22.4 Å². The molecule has 2 heteroatoms. The minimum Gasteiger partial charge on any atom is -0.390 e. The molecule has 4 aliphatic carbocycles. The highest BCUT2D eigenvalue weighted by atomic mass is 16.3. The summed E-state index contributed by atoms with van der Waals surface area (Å²) in [4.78, 5) is 0. The maximum Gasteiger partial charge on any atom is 0.0861 e. The molecular weight excluding hydrogens is 272 g/mol. The van der Waals surface area contributed by atoms with Gasteiger partial charge in [0.2, 0.25) is 0 Å². The first-order chi connectivity index (χ1) is 10.3. The lowest BCUT2D eigenvalue weighted by Crippen LogP contribution is -2.62. The Balaban J connectivity index is 2.00. The van der Waals surface area contributed by atoms with E-state index in [1.807, 2.05) is 0 Å². The number of aliphatic hydroxyl groups is 2. The van der Waals surface area contributed by atoms with Gasteiger partial charge in [0.15, 0.2) is 0 Å². The van der Waals surface area contributed by atoms with E-state index in [-0.39, 0.29) is 16.7 Å². The first kappa shape index (κ1) is 15.0. The fourth-order valence-electron chi connectivity index (χ4n) is 6.90. The zero-order valence-electron chi connectivity index (χ0n) is 14.4. The van der Waals surface area contributed by atoms with E-state index in [0.717, 1.165) is 32.1 Å². The lowest BCUT2D eigenvalue weighted by atomic mass is 9.45. The molecule has 0 aromatic heterocycles. The predicted octanol–water partition coefficient (Wildman–Crippen LogP) is 3.98. The number of allylic oxidation sites excluding steroid dienone is 4. The van der Waals surface area contributed by atoms with Gasteiger partial charge >= 0.3 is 0 Å². The van der Waals surface area contributed by atoms with Gasteiger partial charge in [0.25, 0.3) is 0 Å². The third-order valence-corrected chi connectivity index (χ3v) is 8.02. The summed E-state index contributed by atoms with van der Waals surface area (Å²) in [5.41, 5.74) is 6.25. The first-order valence-corrected chi connectivity index (χ1v) is 9.05. The second kappa shape index (κ2) is 4.48. The molecule has 2 N–H and O–H groups in total. The van der Waals surface area contributed by atoms with Gasteiger partial charge in [0, 0.05) is 10.8 Å². The molecule has 6 atom stereocenters. The molecule has 0 aromatic rings. The Morgan fingerprint density at radius 2 is 1.68 bits per heavy atom. The van der Waals surface area contributed by atoms with Crippen LogP contribution in [0.5, 0.6) is 0 Å². The molecule has 22 heavy (non-hydrogen) atoms. The molecule has 4 aliphatic rings. The Labute approximate surface area is 134 Å². The maximum atomic E-state index is 10.9. The fraction of sp³-hybridized carbons (Fsp3) is 0.800. The summed E-state index contributed by atoms with van der Waals surface area (Å²) in [5, 5.41) is 21.9. The molecule has 0 aliphatic heterocycles. The summed E-state index contributed by atoms with van der Waals surface area (Å²) >= 11 is 0. The molecule has 122 valence electrons. The molecule has 0 saturated heterocycles. The molecule has 2 fully saturated rings. The van der Waals surface area contributed by atoms with Crippen molar-refractivity contribution in [3.05, 3.63) is 22.3 Å². The van der Waals surface area contributed by atoms with Crippen molar-refractivity contribution in [2.45, 2.75) is 78.4 Å². The van der Waals surface area contributed by atoms with E-state index in [4.69, 9.17) is 0 Å². The molecule has 0 spiro atoms. The zero-order chi connectivity index (χ0) is 15.9. The fourth-order valence-corrected chi connectivity index (χ4v) is 6.90. The number of rotatable bonds is 0. The van der Waals surface area contributed by atoms with Crippen molar-refractivity contribution < 1.29 is 10.2 Å². The molecule has 2 saturated carbocycles. The van der Waals surface area contributed by atoms with Crippen molar-refractivity contribution in [3.8, 4) is 0 Å². The molecule has 0 amide bonds. The molecular formula is C20H30O2. The highest BCUT2D eigenvalue weighted by molar-refractivity contribution is 5.41. The van der Waals surface area contributed by atoms with E-state index in [9.17, 15) is 10.2 Å². The Kier molecular flexibility index (Phi) is 3.05. The molecule has 2 nitrogen and oxygen atoms in total. The van der Waals surface area contributed by atoms with Crippen molar-refractivity contribution in [1.29, 1.82) is 0 Å². The molecule has 0 unspecified atom stereocenters. The monoisotopic (exact) mass is 302 g/mol. The number of hydrogen-bond acceptors (Lipinski definition) is 2. The summed E-state index contributed by atoms with van der Waals surface area (Å²) in [6.07, 6.45) is 5.46. The summed E-state index contributed by atoms with van der Waals surface area (Å²) in [6.45, 7) is 9.27. The molecule has 0 radical (unpaired) electrons. The van der Waals surface area contributed by atoms with Crippen LogP contribution in [0.4, 0.5) is 0 Å². The summed E-state index contributed by atoms with van der Waals surface area (Å²) in [6, 6.07) is 0. The zero-order valence-corrected chi connectivity index (χ0v) is 14.4. The maximum absolute atomic E-state index is 10.9. The Morgan fingerprint density at radius 1 is 0.955 bits per heavy atom. The van der Waals surface area contributed by atoms with Gasteiger partial charge < -0.3 is 10.2 Å². The first-order valence-electron chi connectivity index (χ1n) is 9.05. The number of hydrogen-bond donors (Lipinski definition) is 2. The van der Waals surface area contributed by atoms with Crippen molar-refractivity contribution in [2.24, 2.45) is 22.7 Å². The minimum atomic E-state index is -0.571. The van der Waals surface area contributed by atoms with Gasteiger partial charge in [-0.25, -0.2) is 0 Å². The second-order valence-electron chi connectivity index (χ2n) is 8.87. The van der Waals surface area contributed by atoms with Crippen LogP contribution >= 0.6 is 0 Å². The topological polar surface area (TPSA) is 40.5 Å². The normalized spacial score (nSPS) is 51.0. The lowest BCUT2D eigenvalue weighted by molar-refractivity contribution is -0.178. The second-order valence-corrected chi connectivity index (χ2v) is 8.87. The van der Waals surface area contributed by atoms with Crippen molar-refractivity contribution in [2.75, 3.05) is 0 Å². The van der Waals surface area contributed by atoms with Gasteiger partial charge in [0.05, 0.1) is 12.2 Å². The summed E-state index contributed by atoms with van der Waals surface area (Å²) < 4.78 is 0. The SMILES string of the molecule is CC1=C2CC[C@@]3(C)[C@@H]2[C@@]2(C)C(=C(C)CC[C@@H]2[C@H](O)[C@@H]3O)CC1. The third-order valence-electron chi connectivity index (χ3n) is 8.02. The van der Waals surface area contributed by atoms with Gasteiger partial charge in [-0.3, -0.25) is 0 Å². The van der Waals surface area contributed by atoms with E-state index in [2.05, 4.69) is 27.7 Å². The van der Waals surface area contributed by atoms with Crippen LogP contribution in [-0.2, 0) is 0 Å². The molecule has 0 aromatic carbocycles. The van der Waals surface area contributed by atoms with Gasteiger partial charge in [-0.05, 0) is 64.2 Å². The van der Waals surface area contributed by atoms with Crippen LogP contribution in [0.25, 0.3) is 0 Å². The van der Waals surface area contributed by atoms with E-state index in [1.165, 1.54) is 6.42 Å². The quantitative estimate of drug-likeness (QED) is 0.664. The van der Waals surface area contributed by atoms with Gasteiger partial charge in [0.1, 0.15) is 0 Å². The van der Waals surface area contributed by atoms with E-state index in [1.54, 1.807) is 22.3 Å². The average molecular weight is 302 g/mol. The van der Waals surface area contributed by atoms with Crippen molar-refractivity contribution >= 4 is 0 Å². The Hall–Kier alpha value is -0.600. The standard InChI is InChI=1S/C20H30O2/c1-11-5-7-14-12(2)6-8-15-16(21)18(22)19(3)10-9-13(11)17(19)20(14,15)4/h15-18,21-22H,5-10H2,1-4H3/t15-,16+,17-,18+,19+,20+/m1/s1. The molecule has 4 rings (SSSR count). The van der Waals surface area contributed by atoms with Gasteiger partial charge in [-0.2, -0.15) is 0 Å². The third kappa shape index (κ3) is 1.54. The highest BCUT2D eigenvalue weighted by Crippen LogP contribution is 2.69. The van der Waals surface area contributed by atoms with E-state index >= 15 is 0 Å². The van der Waals surface area contributed by atoms with Crippen LogP contribution in [0.1, 0.15) is 66.2 Å². The van der Waals surface area contributed by atoms with Gasteiger partial charge in [-0.1, -0.05) is 36.1 Å². The van der Waals surface area contributed by atoms with Gasteiger partial charge in [-0.15, -0.1) is 0 Å². The highest BCUT2D eigenvalue weighted by Gasteiger charge is 2.66. The minimum absolute atomic E-state index is 0.0549. The molecule has 0 heterocycles. The average Bonchev–Trinajstić information content (AvgIpc) is 2.78. The lowest BCUT2D eigenvalue weighted by Gasteiger charge is -2.60. The van der Waals surface area contributed by atoms with E-state index in [0.29, 0.717) is 5.92 Å². The predicted molar refractivity (Wildman–Crippen MR) is 88.3 cm³/mol. The summed E-state index contributed by atoms with van der Waals surface area (Å²) in [7, 11) is 0. The number of aliphatic hydroxyl groups excluding tert-OH is 2. The van der Waals surface area contributed by atoms with Crippen molar-refractivity contribution in [1.82, 2.24) is 0 Å². The Morgan fingerprint density at radius 3 is 2.41 bits per heavy atom. The van der Waals surface area contributed by atoms with Crippen LogP contribution < -0.4 is 0 Å². The van der Waals surface area contributed by atoms with Crippen LogP contribution in [0.2, 0.25) is 0 Å². The summed E-state index contributed by atoms with van der Waals surface area (Å²) in [5.74, 6) is 0.648. The molecule has 0 bridgehead atoms.